The molecule has 0 bridgehead atoms. The predicted molar refractivity (Wildman–Crippen MR) is 123 cm³/mol. The molecular formula is C23H24N4O4S. The number of anilines is 2. The summed E-state index contributed by atoms with van der Waals surface area (Å²) in [5.41, 5.74) is 2.51. The maximum Gasteiger partial charge on any atom is 0.257 e. The van der Waals surface area contributed by atoms with Crippen molar-refractivity contribution in [3.8, 4) is 11.5 Å². The SMILES string of the molecule is CCc1ccccc1N1CC(c2nnc(NC(=O)c3ccc(OC)c(OC)c3)s2)CC1=O. The number of nitrogens with one attached hydrogen (secondary N) is 1. The lowest BCUT2D eigenvalue weighted by atomic mass is 10.1. The fourth-order valence-electron chi connectivity index (χ4n) is 3.78. The Balaban J connectivity index is 1.46. The van der Waals surface area contributed by atoms with Gasteiger partial charge in [-0.1, -0.05) is 36.5 Å². The molecule has 166 valence electrons. The number of rotatable bonds is 7. The molecule has 1 aromatic heterocycles. The Morgan fingerprint density at radius 2 is 1.94 bits per heavy atom. The van der Waals surface area contributed by atoms with Crippen LogP contribution in [-0.2, 0) is 11.2 Å². The third-order valence-electron chi connectivity index (χ3n) is 5.44. The van der Waals surface area contributed by atoms with Crippen molar-refractivity contribution in [3.63, 3.8) is 0 Å². The number of nitrogens with zero attached hydrogens (tertiary/aromatic N) is 3. The number of carbonyl (C=O) groups is 2. The van der Waals surface area contributed by atoms with Crippen LogP contribution in [0.15, 0.2) is 42.5 Å². The van der Waals surface area contributed by atoms with Crippen LogP contribution in [0.25, 0.3) is 0 Å². The smallest absolute Gasteiger partial charge is 0.257 e. The van der Waals surface area contributed by atoms with Gasteiger partial charge in [-0.2, -0.15) is 0 Å². The summed E-state index contributed by atoms with van der Waals surface area (Å²) in [4.78, 5) is 27.2. The van der Waals surface area contributed by atoms with Crippen molar-refractivity contribution >= 4 is 34.0 Å². The number of para-hydroxylation sites is 1. The maximum atomic E-state index is 12.7. The first-order valence-electron chi connectivity index (χ1n) is 10.3. The van der Waals surface area contributed by atoms with Crippen LogP contribution in [0, 0.1) is 0 Å². The molecule has 8 nitrogen and oxygen atoms in total. The molecule has 0 spiro atoms. The summed E-state index contributed by atoms with van der Waals surface area (Å²) in [6.07, 6.45) is 1.23. The molecule has 2 heterocycles. The highest BCUT2D eigenvalue weighted by Gasteiger charge is 2.34. The number of benzene rings is 2. The van der Waals surface area contributed by atoms with Gasteiger partial charge in [-0.3, -0.25) is 14.9 Å². The Morgan fingerprint density at radius 1 is 1.16 bits per heavy atom. The van der Waals surface area contributed by atoms with Crippen LogP contribution in [0.1, 0.15) is 40.2 Å². The van der Waals surface area contributed by atoms with Crippen molar-refractivity contribution in [1.29, 1.82) is 0 Å². The van der Waals surface area contributed by atoms with Crippen molar-refractivity contribution in [1.82, 2.24) is 10.2 Å². The third kappa shape index (κ3) is 4.29. The fraction of sp³-hybridized carbons (Fsp3) is 0.304. The average Bonchev–Trinajstić information content (AvgIpc) is 3.44. The van der Waals surface area contributed by atoms with E-state index < -0.39 is 0 Å². The van der Waals surface area contributed by atoms with Crippen LogP contribution in [0.2, 0.25) is 0 Å². The highest BCUT2D eigenvalue weighted by atomic mass is 32.1. The Labute approximate surface area is 190 Å². The van der Waals surface area contributed by atoms with E-state index in [0.717, 1.165) is 22.7 Å². The standard InChI is InChI=1S/C23H24N4O4S/c1-4-14-7-5-6-8-17(14)27-13-16(12-20(27)28)22-25-26-23(32-22)24-21(29)15-9-10-18(30-2)19(11-15)31-3/h5-11,16H,4,12-13H2,1-3H3,(H,24,26,29). The second-order valence-corrected chi connectivity index (χ2v) is 8.37. The van der Waals surface area contributed by atoms with Gasteiger partial charge in [0.25, 0.3) is 5.91 Å². The number of aromatic nitrogens is 2. The predicted octanol–water partition coefficient (Wildman–Crippen LogP) is 3.89. The number of ether oxygens (including phenoxy) is 2. The van der Waals surface area contributed by atoms with Gasteiger partial charge in [0.05, 0.1) is 14.2 Å². The van der Waals surface area contributed by atoms with Gasteiger partial charge >= 0.3 is 0 Å². The van der Waals surface area contributed by atoms with E-state index in [-0.39, 0.29) is 17.7 Å². The van der Waals surface area contributed by atoms with Gasteiger partial charge < -0.3 is 14.4 Å². The number of amides is 2. The quantitative estimate of drug-likeness (QED) is 0.585. The molecule has 1 saturated heterocycles. The largest absolute Gasteiger partial charge is 0.493 e. The summed E-state index contributed by atoms with van der Waals surface area (Å²) in [5.74, 6) is 0.700. The van der Waals surface area contributed by atoms with Crippen LogP contribution in [-0.4, -0.2) is 42.8 Å². The van der Waals surface area contributed by atoms with Gasteiger partial charge in [0, 0.05) is 30.1 Å². The Kier molecular flexibility index (Phi) is 6.36. The molecule has 1 fully saturated rings. The number of hydrogen-bond donors (Lipinski definition) is 1. The molecule has 1 aliphatic heterocycles. The zero-order valence-electron chi connectivity index (χ0n) is 18.1. The minimum Gasteiger partial charge on any atom is -0.493 e. The van der Waals surface area contributed by atoms with Crippen molar-refractivity contribution in [2.24, 2.45) is 0 Å². The van der Waals surface area contributed by atoms with Gasteiger partial charge in [0.1, 0.15) is 5.01 Å². The summed E-state index contributed by atoms with van der Waals surface area (Å²) in [5, 5.41) is 12.2. The van der Waals surface area contributed by atoms with Gasteiger partial charge in [0.2, 0.25) is 11.0 Å². The van der Waals surface area contributed by atoms with E-state index in [1.165, 1.54) is 25.6 Å². The van der Waals surface area contributed by atoms with E-state index in [9.17, 15) is 9.59 Å². The average molecular weight is 453 g/mol. The van der Waals surface area contributed by atoms with Crippen LogP contribution in [0.3, 0.4) is 0 Å². The highest BCUT2D eigenvalue weighted by Crippen LogP contribution is 2.36. The fourth-order valence-corrected chi connectivity index (χ4v) is 4.61. The van der Waals surface area contributed by atoms with Gasteiger partial charge in [-0.25, -0.2) is 0 Å². The van der Waals surface area contributed by atoms with E-state index in [2.05, 4.69) is 22.4 Å². The number of carbonyl (C=O) groups excluding carboxylic acids is 2. The van der Waals surface area contributed by atoms with E-state index in [1.54, 1.807) is 18.2 Å². The zero-order valence-corrected chi connectivity index (χ0v) is 18.9. The number of methoxy groups -OCH3 is 2. The molecule has 32 heavy (non-hydrogen) atoms. The van der Waals surface area contributed by atoms with E-state index in [1.807, 2.05) is 29.2 Å². The molecule has 1 unspecified atom stereocenters. The lowest BCUT2D eigenvalue weighted by Crippen LogP contribution is -2.25. The van der Waals surface area contributed by atoms with E-state index in [0.29, 0.717) is 35.2 Å². The van der Waals surface area contributed by atoms with Crippen LogP contribution < -0.4 is 19.7 Å². The molecular weight excluding hydrogens is 428 g/mol. The second kappa shape index (κ2) is 9.35. The lowest BCUT2D eigenvalue weighted by molar-refractivity contribution is -0.117. The molecule has 1 aliphatic rings. The Bertz CT molecular complexity index is 1150. The molecule has 0 saturated carbocycles. The van der Waals surface area contributed by atoms with Crippen molar-refractivity contribution in [3.05, 3.63) is 58.6 Å². The van der Waals surface area contributed by atoms with E-state index in [4.69, 9.17) is 9.47 Å². The molecule has 2 aromatic carbocycles. The normalized spacial score (nSPS) is 15.7. The topological polar surface area (TPSA) is 93.7 Å². The molecule has 1 atom stereocenters. The summed E-state index contributed by atoms with van der Waals surface area (Å²) in [6, 6.07) is 12.9. The zero-order chi connectivity index (χ0) is 22.7. The third-order valence-corrected chi connectivity index (χ3v) is 6.45. The molecule has 3 aromatic rings. The molecule has 9 heteroatoms. The summed E-state index contributed by atoms with van der Waals surface area (Å²) in [7, 11) is 3.05. The minimum absolute atomic E-state index is 0.0587. The summed E-state index contributed by atoms with van der Waals surface area (Å²) in [6.45, 7) is 2.63. The van der Waals surface area contributed by atoms with Crippen molar-refractivity contribution < 1.29 is 19.1 Å². The highest BCUT2D eigenvalue weighted by molar-refractivity contribution is 7.15. The van der Waals surface area contributed by atoms with Crippen LogP contribution in [0.4, 0.5) is 10.8 Å². The molecule has 0 radical (unpaired) electrons. The monoisotopic (exact) mass is 452 g/mol. The number of aryl methyl sites for hydroxylation is 1. The van der Waals surface area contributed by atoms with Crippen molar-refractivity contribution in [2.45, 2.75) is 25.7 Å². The minimum atomic E-state index is -0.324. The van der Waals surface area contributed by atoms with Gasteiger partial charge in [-0.15, -0.1) is 10.2 Å². The summed E-state index contributed by atoms with van der Waals surface area (Å²) >= 11 is 1.29. The first-order chi connectivity index (χ1) is 15.5. The lowest BCUT2D eigenvalue weighted by Gasteiger charge is -2.19. The van der Waals surface area contributed by atoms with Crippen LogP contribution in [0.5, 0.6) is 11.5 Å². The summed E-state index contributed by atoms with van der Waals surface area (Å²) < 4.78 is 10.5. The van der Waals surface area contributed by atoms with Crippen LogP contribution >= 0.6 is 11.3 Å². The first-order valence-corrected chi connectivity index (χ1v) is 11.1. The Hall–Kier alpha value is -3.46. The molecule has 2 amide bonds. The molecule has 4 rings (SSSR count). The van der Waals surface area contributed by atoms with Gasteiger partial charge in [-0.05, 0) is 36.2 Å². The number of hydrogen-bond acceptors (Lipinski definition) is 7. The maximum absolute atomic E-state index is 12.7. The van der Waals surface area contributed by atoms with E-state index >= 15 is 0 Å². The van der Waals surface area contributed by atoms with Gasteiger partial charge in [0.15, 0.2) is 11.5 Å². The first kappa shape index (κ1) is 21.8. The Morgan fingerprint density at radius 3 is 2.69 bits per heavy atom. The second-order valence-electron chi connectivity index (χ2n) is 7.36. The van der Waals surface area contributed by atoms with Crippen molar-refractivity contribution in [2.75, 3.05) is 31.0 Å². The molecule has 1 N–H and O–H groups in total. The molecule has 0 aliphatic carbocycles.